The van der Waals surface area contributed by atoms with E-state index in [0.717, 1.165) is 102 Å². The van der Waals surface area contributed by atoms with Crippen molar-refractivity contribution in [2.75, 3.05) is 0 Å². The quantitative estimate of drug-likeness (QED) is 0.0474. The highest BCUT2D eigenvalue weighted by Gasteiger charge is 2.43. The van der Waals surface area contributed by atoms with Crippen molar-refractivity contribution in [3.8, 4) is 51.5 Å². The number of phenols is 3. The minimum absolute atomic E-state index is 0.0323. The zero-order valence-electron chi connectivity index (χ0n) is 54.8. The zero-order valence-corrected chi connectivity index (χ0v) is 54.8. The first-order chi connectivity index (χ1) is 49.4. The summed E-state index contributed by atoms with van der Waals surface area (Å²) in [6.45, 7) is 0. The first-order valence-electron chi connectivity index (χ1n) is 33.4. The first kappa shape index (κ1) is 63.9. The van der Waals surface area contributed by atoms with Crippen LogP contribution in [0.4, 0.5) is 5.69 Å². The van der Waals surface area contributed by atoms with Crippen LogP contribution in [0.25, 0.3) is 50.3 Å². The van der Waals surface area contributed by atoms with Gasteiger partial charge in [-0.25, -0.2) is 19.9 Å². The molecule has 1 unspecified atom stereocenters. The van der Waals surface area contributed by atoms with Gasteiger partial charge in [0, 0.05) is 67.6 Å². The van der Waals surface area contributed by atoms with Crippen LogP contribution in [0, 0.1) is 4.91 Å². The van der Waals surface area contributed by atoms with Gasteiger partial charge in [-0.1, -0.05) is 188 Å². The molecule has 1 amide bonds. The van der Waals surface area contributed by atoms with Crippen LogP contribution in [-0.4, -0.2) is 71.1 Å². The molecule has 6 heterocycles. The number of nitrogens with zero attached hydrogens (tertiary/aromatic N) is 8. The number of carbonyl (C=O) groups excluding carboxylic acids is 1. The van der Waals surface area contributed by atoms with E-state index in [0.29, 0.717) is 84.7 Å². The molecule has 2 aliphatic heterocycles. The monoisotopic (exact) mass is 1330 g/mol. The Morgan fingerprint density at radius 3 is 1.45 bits per heavy atom. The molecular formula is C84H68N10O7. The average Bonchev–Trinajstić information content (AvgIpc) is 1.66. The molecule has 101 heavy (non-hydrogen) atoms. The molecule has 496 valence electrons. The molecule has 17 nitrogen and oxygen atoms in total. The maximum atomic E-state index is 13.7. The van der Waals surface area contributed by atoms with Gasteiger partial charge in [-0.3, -0.25) is 18.5 Å². The van der Waals surface area contributed by atoms with Gasteiger partial charge in [0.15, 0.2) is 11.3 Å². The molecule has 0 saturated carbocycles. The van der Waals surface area contributed by atoms with E-state index in [2.05, 4.69) is 70.4 Å². The Bertz CT molecular complexity index is 5450. The summed E-state index contributed by atoms with van der Waals surface area (Å²) >= 11 is 0. The number of aromatic hydroxyl groups is 5. The van der Waals surface area contributed by atoms with Crippen molar-refractivity contribution in [1.82, 2.24) is 44.3 Å². The standard InChI is InChI=1S/C30H23N3O2.C28H25N3O3.C26H20N4O2/c34-25-14-12-23(13-15-25)28-19-33-29(26(31-28)17-20-6-2-1-3-7-20)32-27(30(33)35)18-21-10-11-22-8-4-5-9-24(22)16-21;32-20-9-6-18(7-10-20)15-24-28(34)31-25-13-8-19-16-21(33)11-12-22(19)26(25)29-23(27(31)30-24)14-17-4-2-1-3-5-17;31-26-23(16-19-9-5-2-6-10-19)28-25-22(15-18-7-3-1-4-8-18)27-24(17-30(25)26)20-11-13-21(29-32)14-12-20/h1-16,19,34-35H,17-18H2;1-7,9-12,16,24,29-30,32-33H,8,13-15H2;1-14,17,31H,15-16H2. The summed E-state index contributed by atoms with van der Waals surface area (Å²) in [7, 11) is 0. The van der Waals surface area contributed by atoms with Gasteiger partial charge < -0.3 is 36.2 Å². The number of nitrogens with one attached hydrogen (secondary N) is 2. The topological polar surface area (TPSA) is 235 Å². The maximum absolute atomic E-state index is 13.7. The fraction of sp³-hybridized carbons (Fsp3) is 0.107. The molecule has 1 saturated heterocycles. The number of fused-ring (bicyclic) bond motifs is 7. The second-order valence-electron chi connectivity index (χ2n) is 25.3. The number of rotatable bonds is 15. The lowest BCUT2D eigenvalue weighted by Gasteiger charge is -2.35. The van der Waals surface area contributed by atoms with Crippen LogP contribution in [0.2, 0.25) is 0 Å². The minimum atomic E-state index is -0.389. The van der Waals surface area contributed by atoms with Gasteiger partial charge in [-0.05, 0) is 134 Å². The molecule has 1 atom stereocenters. The Kier molecular flexibility index (Phi) is 17.8. The number of allylic oxidation sites excluding steroid dienone is 2. The highest BCUT2D eigenvalue weighted by molar-refractivity contribution is 5.92. The van der Waals surface area contributed by atoms with E-state index in [9.17, 15) is 35.2 Å². The summed E-state index contributed by atoms with van der Waals surface area (Å²) in [5.41, 5.74) is 18.9. The number of amides is 1. The lowest BCUT2D eigenvalue weighted by atomic mass is 9.90. The number of carbonyl (C=O) groups is 1. The molecule has 1 aliphatic carbocycles. The summed E-state index contributed by atoms with van der Waals surface area (Å²) in [6, 6.07) is 80.8. The Morgan fingerprint density at radius 2 is 0.901 bits per heavy atom. The van der Waals surface area contributed by atoms with Gasteiger partial charge in [0.05, 0.1) is 39.9 Å². The van der Waals surface area contributed by atoms with E-state index >= 15 is 0 Å². The molecule has 17 rings (SSSR count). The number of phenolic OH excluding ortho intramolecular Hbond substituents is 3. The molecule has 3 aliphatic rings. The molecule has 0 bridgehead atoms. The van der Waals surface area contributed by atoms with E-state index in [-0.39, 0.29) is 41.0 Å². The number of aryl methyl sites for hydroxylation is 1. The van der Waals surface area contributed by atoms with Crippen molar-refractivity contribution in [3.63, 3.8) is 0 Å². The normalized spacial score (nSPS) is 13.7. The van der Waals surface area contributed by atoms with E-state index in [4.69, 9.17) is 19.9 Å². The molecule has 1 fully saturated rings. The van der Waals surface area contributed by atoms with Gasteiger partial charge in [-0.2, -0.15) is 0 Å². The van der Waals surface area contributed by atoms with Gasteiger partial charge in [0.1, 0.15) is 46.2 Å². The number of aromatic nitrogens is 6. The number of imidazole rings is 2. The van der Waals surface area contributed by atoms with Crippen LogP contribution < -0.4 is 10.6 Å². The smallest absolute Gasteiger partial charge is 0.255 e. The molecule has 0 radical (unpaired) electrons. The summed E-state index contributed by atoms with van der Waals surface area (Å²) in [6.07, 6.45) is 8.44. The van der Waals surface area contributed by atoms with Crippen molar-refractivity contribution in [3.05, 3.63) is 357 Å². The Labute approximate surface area is 581 Å². The first-order valence-corrected chi connectivity index (χ1v) is 33.4. The molecule has 17 heteroatoms. The van der Waals surface area contributed by atoms with Crippen molar-refractivity contribution < 1.29 is 30.3 Å². The Balaban J connectivity index is 0.000000123. The zero-order chi connectivity index (χ0) is 68.9. The van der Waals surface area contributed by atoms with Crippen molar-refractivity contribution in [2.24, 2.45) is 5.18 Å². The van der Waals surface area contributed by atoms with Crippen LogP contribution >= 0.6 is 0 Å². The van der Waals surface area contributed by atoms with Crippen molar-refractivity contribution in [2.45, 2.75) is 57.4 Å². The number of benzene rings is 10. The van der Waals surface area contributed by atoms with Crippen molar-refractivity contribution in [1.29, 1.82) is 0 Å². The summed E-state index contributed by atoms with van der Waals surface area (Å²) in [4.78, 5) is 45.8. The lowest BCUT2D eigenvalue weighted by Crippen LogP contribution is -2.38. The van der Waals surface area contributed by atoms with Crippen LogP contribution in [0.1, 0.15) is 73.7 Å². The molecule has 14 aromatic rings. The maximum Gasteiger partial charge on any atom is 0.255 e. The highest BCUT2D eigenvalue weighted by atomic mass is 16.3. The number of nitroso groups, excluding NO2 is 1. The van der Waals surface area contributed by atoms with Crippen LogP contribution in [0.15, 0.2) is 290 Å². The van der Waals surface area contributed by atoms with E-state index < -0.39 is 0 Å². The van der Waals surface area contributed by atoms with E-state index in [1.165, 1.54) is 5.39 Å². The predicted octanol–water partition coefficient (Wildman–Crippen LogP) is 15.6. The lowest BCUT2D eigenvalue weighted by molar-refractivity contribution is -0.126. The number of hydrogen-bond donors (Lipinski definition) is 7. The largest absolute Gasteiger partial charge is 0.508 e. The fourth-order valence-corrected chi connectivity index (χ4v) is 13.4. The van der Waals surface area contributed by atoms with E-state index in [1.807, 2.05) is 157 Å². The predicted molar refractivity (Wildman–Crippen MR) is 391 cm³/mol. The van der Waals surface area contributed by atoms with Crippen molar-refractivity contribution >= 4 is 39.4 Å². The summed E-state index contributed by atoms with van der Waals surface area (Å²) in [5, 5.41) is 64.0. The molecule has 10 aromatic carbocycles. The van der Waals surface area contributed by atoms with Gasteiger partial charge in [0.25, 0.3) is 5.91 Å². The third kappa shape index (κ3) is 13.8. The van der Waals surface area contributed by atoms with Crippen LogP contribution in [0.3, 0.4) is 0 Å². The molecule has 0 spiro atoms. The second-order valence-corrected chi connectivity index (χ2v) is 25.3. The summed E-state index contributed by atoms with van der Waals surface area (Å²) in [5.74, 6) is 1.74. The minimum Gasteiger partial charge on any atom is -0.508 e. The third-order valence-electron chi connectivity index (χ3n) is 18.5. The van der Waals surface area contributed by atoms with Gasteiger partial charge >= 0.3 is 0 Å². The SMILES string of the molecule is O=C1C(Cc2ccc(O)cc2)NC2=C(Cc3ccccc3)NC3=C(CCc4cc(O)ccc43)N12.O=Nc1ccc(-c2cn3c(O)c(Cc4ccccc4)nc3c(Cc3ccccc3)n2)cc1.Oc1ccc(-c2cn3c(O)c(Cc4ccc5ccccc5c4)nc3c(Cc3ccccc3)n2)cc1. The Morgan fingerprint density at radius 1 is 0.436 bits per heavy atom. The van der Waals surface area contributed by atoms with Gasteiger partial charge in [0.2, 0.25) is 11.8 Å². The van der Waals surface area contributed by atoms with Crippen LogP contribution in [0.5, 0.6) is 29.0 Å². The molecule has 4 aromatic heterocycles. The Hall–Kier alpha value is -13.2. The van der Waals surface area contributed by atoms with E-state index in [1.54, 1.807) is 69.6 Å². The van der Waals surface area contributed by atoms with Crippen LogP contribution in [-0.2, 0) is 49.7 Å². The third-order valence-corrected chi connectivity index (χ3v) is 18.5. The number of hydrogen-bond acceptors (Lipinski definition) is 14. The fourth-order valence-electron chi connectivity index (χ4n) is 13.4. The average molecular weight is 1330 g/mol. The molecular weight excluding hydrogens is 1260 g/mol. The van der Waals surface area contributed by atoms with Gasteiger partial charge in [-0.15, -0.1) is 4.91 Å². The summed E-state index contributed by atoms with van der Waals surface area (Å²) < 4.78 is 3.43. The second kappa shape index (κ2) is 28.1. The highest BCUT2D eigenvalue weighted by Crippen LogP contribution is 2.42. The molecule has 7 N–H and O–H groups in total.